The molecule has 0 aliphatic rings. The lowest BCUT2D eigenvalue weighted by Gasteiger charge is -2.17. The van der Waals surface area contributed by atoms with Crippen molar-refractivity contribution >= 4 is 38.7 Å². The molecule has 5 aromatic rings. The summed E-state index contributed by atoms with van der Waals surface area (Å²) in [6.45, 7) is 10.7. The van der Waals surface area contributed by atoms with Crippen molar-refractivity contribution in [1.82, 2.24) is 9.38 Å². The number of hydrogen-bond acceptors (Lipinski definition) is 2. The van der Waals surface area contributed by atoms with Crippen LogP contribution in [0, 0.1) is 6.92 Å². The van der Waals surface area contributed by atoms with Gasteiger partial charge in [-0.3, -0.25) is 4.40 Å². The molecule has 0 saturated carbocycles. The Morgan fingerprint density at radius 3 is 2.43 bits per heavy atom. The van der Waals surface area contributed by atoms with Crippen molar-refractivity contribution < 1.29 is 0 Å². The largest absolute Gasteiger partial charge is 0.299 e. The molecule has 2 nitrogen and oxygen atoms in total. The quantitative estimate of drug-likeness (QED) is 0.283. The summed E-state index contributed by atoms with van der Waals surface area (Å²) in [5.41, 5.74) is 4.93. The first-order valence-electron chi connectivity index (χ1n) is 10.0. The van der Waals surface area contributed by atoms with Gasteiger partial charge in [0.25, 0.3) is 0 Å². The number of para-hydroxylation sites is 1. The van der Waals surface area contributed by atoms with E-state index in [-0.39, 0.29) is 0 Å². The van der Waals surface area contributed by atoms with Gasteiger partial charge in [0.15, 0.2) is 0 Å². The molecule has 0 aliphatic heterocycles. The van der Waals surface area contributed by atoms with Crippen molar-refractivity contribution in [3.63, 3.8) is 0 Å². The van der Waals surface area contributed by atoms with Gasteiger partial charge in [-0.2, -0.15) is 0 Å². The summed E-state index contributed by atoms with van der Waals surface area (Å²) >= 11 is 1.86. The minimum Gasteiger partial charge on any atom is -0.299 e. The topological polar surface area (TPSA) is 17.3 Å². The second kappa shape index (κ2) is 7.40. The van der Waals surface area contributed by atoms with Crippen LogP contribution in [0.1, 0.15) is 44.1 Å². The van der Waals surface area contributed by atoms with E-state index >= 15 is 0 Å². The van der Waals surface area contributed by atoms with Gasteiger partial charge in [0, 0.05) is 43.9 Å². The highest BCUT2D eigenvalue weighted by atomic mass is 32.1. The van der Waals surface area contributed by atoms with E-state index in [4.69, 9.17) is 4.98 Å². The van der Waals surface area contributed by atoms with Crippen LogP contribution in [0.15, 0.2) is 60.9 Å². The molecule has 0 aliphatic carbocycles. The van der Waals surface area contributed by atoms with Gasteiger partial charge < -0.3 is 0 Å². The van der Waals surface area contributed by atoms with E-state index in [9.17, 15) is 0 Å². The first-order valence-corrected chi connectivity index (χ1v) is 10.8. The average molecular weight is 387 g/mol. The molecule has 0 fully saturated rings. The zero-order valence-electron chi connectivity index (χ0n) is 17.2. The summed E-state index contributed by atoms with van der Waals surface area (Å²) in [4.78, 5) is 7.41. The Bertz CT molecular complexity index is 1270. The maximum absolute atomic E-state index is 4.75. The maximum atomic E-state index is 4.75. The van der Waals surface area contributed by atoms with E-state index in [2.05, 4.69) is 79.9 Å². The third kappa shape index (κ3) is 2.82. The van der Waals surface area contributed by atoms with Gasteiger partial charge in [-0.15, -0.1) is 11.3 Å². The summed E-state index contributed by atoms with van der Waals surface area (Å²) in [6, 6.07) is 17.7. The summed E-state index contributed by atoms with van der Waals surface area (Å²) in [5, 5.41) is 3.90. The van der Waals surface area contributed by atoms with E-state index in [1.165, 1.54) is 42.6 Å². The normalized spacial score (nSPS) is 11.4. The summed E-state index contributed by atoms with van der Waals surface area (Å²) in [5.74, 6) is 0.443. The minimum absolute atomic E-state index is 0.443. The standard InChI is InChI=1S/C23H20N2S.C2H6/c1-14(2)16-9-10-18(20-11-8-15(3)26-20)21-17-6-4-5-7-19(17)25-13-12-24-23(25)22(16)21;1-2/h4-14H,1-3H3;1-2H3. The zero-order valence-corrected chi connectivity index (χ0v) is 18.0. The highest BCUT2D eigenvalue weighted by Crippen LogP contribution is 2.41. The molecule has 0 amide bonds. The van der Waals surface area contributed by atoms with E-state index in [0.717, 1.165) is 5.65 Å². The van der Waals surface area contributed by atoms with Crippen molar-refractivity contribution in [3.8, 4) is 10.4 Å². The third-order valence-electron chi connectivity index (χ3n) is 5.16. The number of hydrogen-bond donors (Lipinski definition) is 0. The van der Waals surface area contributed by atoms with E-state index in [1.807, 2.05) is 31.4 Å². The minimum atomic E-state index is 0.443. The van der Waals surface area contributed by atoms with E-state index in [1.54, 1.807) is 0 Å². The van der Waals surface area contributed by atoms with Gasteiger partial charge in [0.2, 0.25) is 0 Å². The smallest absolute Gasteiger partial charge is 0.145 e. The summed E-state index contributed by atoms with van der Waals surface area (Å²) in [7, 11) is 0. The summed E-state index contributed by atoms with van der Waals surface area (Å²) in [6.07, 6.45) is 3.98. The fraction of sp³-hybridized carbons (Fsp3) is 0.240. The number of aryl methyl sites for hydroxylation is 1. The molecule has 28 heavy (non-hydrogen) atoms. The van der Waals surface area contributed by atoms with Crippen LogP contribution in [0.4, 0.5) is 0 Å². The van der Waals surface area contributed by atoms with E-state index in [0.29, 0.717) is 5.92 Å². The van der Waals surface area contributed by atoms with E-state index < -0.39 is 0 Å². The first kappa shape index (κ1) is 18.7. The highest BCUT2D eigenvalue weighted by molar-refractivity contribution is 7.15. The van der Waals surface area contributed by atoms with Crippen LogP contribution in [0.5, 0.6) is 0 Å². The molecule has 3 aromatic heterocycles. The maximum Gasteiger partial charge on any atom is 0.145 e. The molecule has 142 valence electrons. The fourth-order valence-corrected chi connectivity index (χ4v) is 4.88. The van der Waals surface area contributed by atoms with Gasteiger partial charge >= 0.3 is 0 Å². The van der Waals surface area contributed by atoms with Gasteiger partial charge in [-0.05, 0) is 36.6 Å². The van der Waals surface area contributed by atoms with Crippen LogP contribution in [0.25, 0.3) is 37.8 Å². The number of rotatable bonds is 2. The lowest BCUT2D eigenvalue weighted by molar-refractivity contribution is 0.876. The molecule has 3 heterocycles. The predicted octanol–water partition coefficient (Wildman–Crippen LogP) is 7.83. The van der Waals surface area contributed by atoms with Crippen molar-refractivity contribution in [2.24, 2.45) is 0 Å². The first-order chi connectivity index (χ1) is 13.6. The van der Waals surface area contributed by atoms with Gasteiger partial charge in [-0.1, -0.05) is 58.0 Å². The third-order valence-corrected chi connectivity index (χ3v) is 6.20. The molecule has 2 aromatic carbocycles. The number of thiophene rings is 1. The molecule has 0 radical (unpaired) electrons. The van der Waals surface area contributed by atoms with Crippen LogP contribution in [0.3, 0.4) is 0 Å². The number of fused-ring (bicyclic) bond motifs is 6. The van der Waals surface area contributed by atoms with Crippen LogP contribution in [-0.4, -0.2) is 9.38 Å². The SMILES string of the molecule is CC.Cc1ccc(-c2ccc(C(C)C)c3c2c2ccccc2n2ccnc32)s1. The number of nitrogens with zero attached hydrogens (tertiary/aromatic N) is 2. The molecule has 0 atom stereocenters. The Hall–Kier alpha value is -2.65. The average Bonchev–Trinajstić information content (AvgIpc) is 3.38. The monoisotopic (exact) mass is 386 g/mol. The Morgan fingerprint density at radius 2 is 1.71 bits per heavy atom. The molecule has 0 unspecified atom stereocenters. The number of benzene rings is 2. The molecule has 5 rings (SSSR count). The Morgan fingerprint density at radius 1 is 0.929 bits per heavy atom. The fourth-order valence-electron chi connectivity index (χ4n) is 3.98. The molecule has 0 N–H and O–H groups in total. The number of aromatic nitrogens is 2. The predicted molar refractivity (Wildman–Crippen MR) is 124 cm³/mol. The lowest BCUT2D eigenvalue weighted by atomic mass is 9.91. The van der Waals surface area contributed by atoms with Gasteiger partial charge in [0.1, 0.15) is 5.65 Å². The summed E-state index contributed by atoms with van der Waals surface area (Å²) < 4.78 is 2.23. The second-order valence-corrected chi connectivity index (χ2v) is 8.44. The van der Waals surface area contributed by atoms with Crippen LogP contribution in [0.2, 0.25) is 0 Å². The van der Waals surface area contributed by atoms with Gasteiger partial charge in [-0.25, -0.2) is 4.98 Å². The molecule has 0 spiro atoms. The number of pyridine rings is 1. The molecule has 0 saturated heterocycles. The van der Waals surface area contributed by atoms with Crippen molar-refractivity contribution in [1.29, 1.82) is 0 Å². The van der Waals surface area contributed by atoms with Crippen LogP contribution in [-0.2, 0) is 0 Å². The molecule has 0 bridgehead atoms. The molecular weight excluding hydrogens is 360 g/mol. The van der Waals surface area contributed by atoms with Crippen LogP contribution < -0.4 is 0 Å². The highest BCUT2D eigenvalue weighted by Gasteiger charge is 2.18. The Balaban J connectivity index is 0.000000932. The van der Waals surface area contributed by atoms with Crippen molar-refractivity contribution in [2.45, 2.75) is 40.5 Å². The van der Waals surface area contributed by atoms with Crippen LogP contribution >= 0.6 is 11.3 Å². The Labute approximate surface area is 170 Å². The second-order valence-electron chi connectivity index (χ2n) is 7.16. The Kier molecular flexibility index (Phi) is 4.94. The zero-order chi connectivity index (χ0) is 19.8. The number of imidazole rings is 1. The molecular formula is C25H26N2S. The molecule has 3 heteroatoms. The van der Waals surface area contributed by atoms with Crippen molar-refractivity contribution in [2.75, 3.05) is 0 Å². The lowest BCUT2D eigenvalue weighted by Crippen LogP contribution is -1.97. The van der Waals surface area contributed by atoms with Gasteiger partial charge in [0.05, 0.1) is 5.52 Å². The van der Waals surface area contributed by atoms with Crippen molar-refractivity contribution in [3.05, 3.63) is 71.4 Å².